The molecule has 0 spiro atoms. The molecule has 1 unspecified atom stereocenters. The number of methoxy groups -OCH3 is 1. The second-order valence-corrected chi connectivity index (χ2v) is 3.91. The average molecular weight is 228 g/mol. The lowest BCUT2D eigenvalue weighted by Crippen LogP contribution is -2.17. The fraction of sp³-hybridized carbons (Fsp3) is 0.500. The van der Waals surface area contributed by atoms with Gasteiger partial charge < -0.3 is 10.1 Å². The van der Waals surface area contributed by atoms with Crippen molar-refractivity contribution in [1.29, 1.82) is 0 Å². The third kappa shape index (κ3) is 3.82. The lowest BCUT2D eigenvalue weighted by atomic mass is 10.0. The van der Waals surface area contributed by atoms with Crippen LogP contribution in [0.25, 0.3) is 0 Å². The highest BCUT2D eigenvalue weighted by atomic mass is 35.5. The van der Waals surface area contributed by atoms with Gasteiger partial charge in [0.1, 0.15) is 0 Å². The van der Waals surface area contributed by atoms with Gasteiger partial charge in [0.2, 0.25) is 0 Å². The van der Waals surface area contributed by atoms with Crippen LogP contribution in [-0.4, -0.2) is 20.8 Å². The summed E-state index contributed by atoms with van der Waals surface area (Å²) in [6, 6.07) is 8.28. The Kier molecular flexibility index (Phi) is 5.69. The number of rotatable bonds is 6. The third-order valence-electron chi connectivity index (χ3n) is 2.47. The van der Waals surface area contributed by atoms with Crippen LogP contribution in [0.4, 0.5) is 0 Å². The van der Waals surface area contributed by atoms with Crippen molar-refractivity contribution in [2.75, 3.05) is 20.8 Å². The Hall–Kier alpha value is -0.570. The van der Waals surface area contributed by atoms with Crippen molar-refractivity contribution in [3.63, 3.8) is 0 Å². The van der Waals surface area contributed by atoms with E-state index in [4.69, 9.17) is 16.3 Å². The molecule has 0 heterocycles. The van der Waals surface area contributed by atoms with Crippen LogP contribution in [0.15, 0.2) is 24.3 Å². The van der Waals surface area contributed by atoms with E-state index in [0.29, 0.717) is 6.04 Å². The topological polar surface area (TPSA) is 21.3 Å². The molecular formula is C12H18ClNO. The summed E-state index contributed by atoms with van der Waals surface area (Å²) < 4.78 is 5.04. The van der Waals surface area contributed by atoms with Crippen molar-refractivity contribution in [1.82, 2.24) is 5.32 Å². The van der Waals surface area contributed by atoms with Crippen LogP contribution in [0.3, 0.4) is 0 Å². The first kappa shape index (κ1) is 12.5. The Morgan fingerprint density at radius 1 is 1.40 bits per heavy atom. The van der Waals surface area contributed by atoms with Crippen molar-refractivity contribution >= 4 is 11.6 Å². The summed E-state index contributed by atoms with van der Waals surface area (Å²) in [5.41, 5.74) is 1.16. The first-order valence-electron chi connectivity index (χ1n) is 5.20. The average Bonchev–Trinajstić information content (AvgIpc) is 2.26. The second-order valence-electron chi connectivity index (χ2n) is 3.50. The maximum Gasteiger partial charge on any atom is 0.0462 e. The van der Waals surface area contributed by atoms with E-state index in [9.17, 15) is 0 Å². The molecule has 2 nitrogen and oxygen atoms in total. The number of ether oxygens (including phenoxy) is 1. The van der Waals surface area contributed by atoms with E-state index in [2.05, 4.69) is 11.4 Å². The van der Waals surface area contributed by atoms with Gasteiger partial charge in [-0.05, 0) is 31.5 Å². The molecule has 0 aliphatic rings. The van der Waals surface area contributed by atoms with E-state index < -0.39 is 0 Å². The molecule has 1 aromatic carbocycles. The van der Waals surface area contributed by atoms with E-state index in [1.165, 1.54) is 0 Å². The van der Waals surface area contributed by atoms with Crippen LogP contribution in [-0.2, 0) is 4.74 Å². The Balaban J connectivity index is 2.61. The fourth-order valence-corrected chi connectivity index (χ4v) is 1.91. The Labute approximate surface area is 96.6 Å². The molecule has 1 N–H and O–H groups in total. The Morgan fingerprint density at radius 3 is 2.73 bits per heavy atom. The predicted molar refractivity (Wildman–Crippen MR) is 64.4 cm³/mol. The Morgan fingerprint density at radius 2 is 2.13 bits per heavy atom. The molecule has 0 saturated carbocycles. The first-order valence-corrected chi connectivity index (χ1v) is 5.58. The molecule has 0 saturated heterocycles. The highest BCUT2D eigenvalue weighted by Gasteiger charge is 2.11. The van der Waals surface area contributed by atoms with Crippen LogP contribution in [0.1, 0.15) is 24.4 Å². The molecular weight excluding hydrogens is 210 g/mol. The summed E-state index contributed by atoms with van der Waals surface area (Å²) in [6.07, 6.45) is 2.07. The maximum atomic E-state index is 6.14. The highest BCUT2D eigenvalue weighted by Crippen LogP contribution is 2.25. The molecule has 15 heavy (non-hydrogen) atoms. The lowest BCUT2D eigenvalue weighted by molar-refractivity contribution is 0.189. The SMILES string of the molecule is CNC(CCCOC)c1ccccc1Cl. The normalized spacial score (nSPS) is 12.7. The van der Waals surface area contributed by atoms with Gasteiger partial charge in [0.25, 0.3) is 0 Å². The largest absolute Gasteiger partial charge is 0.385 e. The number of hydrogen-bond acceptors (Lipinski definition) is 2. The molecule has 1 aromatic rings. The zero-order valence-corrected chi connectivity index (χ0v) is 10.1. The van der Waals surface area contributed by atoms with Gasteiger partial charge >= 0.3 is 0 Å². The smallest absolute Gasteiger partial charge is 0.0462 e. The molecule has 0 bridgehead atoms. The van der Waals surface area contributed by atoms with Gasteiger partial charge in [-0.3, -0.25) is 0 Å². The van der Waals surface area contributed by atoms with Crippen LogP contribution >= 0.6 is 11.6 Å². The first-order chi connectivity index (χ1) is 7.29. The minimum Gasteiger partial charge on any atom is -0.385 e. The summed E-state index contributed by atoms with van der Waals surface area (Å²) in [5.74, 6) is 0. The standard InChI is InChI=1S/C12H18ClNO/c1-14-12(8-5-9-15-2)10-6-3-4-7-11(10)13/h3-4,6-7,12,14H,5,8-9H2,1-2H3. The molecule has 0 aromatic heterocycles. The van der Waals surface area contributed by atoms with E-state index >= 15 is 0 Å². The number of halogens is 1. The summed E-state index contributed by atoms with van der Waals surface area (Å²) in [4.78, 5) is 0. The third-order valence-corrected chi connectivity index (χ3v) is 2.81. The van der Waals surface area contributed by atoms with E-state index in [1.54, 1.807) is 7.11 Å². The van der Waals surface area contributed by atoms with Crippen LogP contribution in [0.2, 0.25) is 5.02 Å². The molecule has 0 aliphatic carbocycles. The quantitative estimate of drug-likeness (QED) is 0.755. The van der Waals surface area contributed by atoms with E-state index in [0.717, 1.165) is 30.0 Å². The highest BCUT2D eigenvalue weighted by molar-refractivity contribution is 6.31. The van der Waals surface area contributed by atoms with Crippen LogP contribution in [0.5, 0.6) is 0 Å². The number of benzene rings is 1. The van der Waals surface area contributed by atoms with Gasteiger partial charge in [0.05, 0.1) is 0 Å². The summed E-state index contributed by atoms with van der Waals surface area (Å²) in [5, 5.41) is 4.11. The van der Waals surface area contributed by atoms with Crippen molar-refractivity contribution < 1.29 is 4.74 Å². The zero-order chi connectivity index (χ0) is 11.1. The summed E-state index contributed by atoms with van der Waals surface area (Å²) in [7, 11) is 3.69. The van der Waals surface area contributed by atoms with Crippen molar-refractivity contribution in [3.8, 4) is 0 Å². The van der Waals surface area contributed by atoms with Gasteiger partial charge in [0.15, 0.2) is 0 Å². The molecule has 0 amide bonds. The fourth-order valence-electron chi connectivity index (χ4n) is 1.64. The lowest BCUT2D eigenvalue weighted by Gasteiger charge is -2.17. The number of hydrogen-bond donors (Lipinski definition) is 1. The minimum absolute atomic E-state index is 0.314. The molecule has 84 valence electrons. The molecule has 1 rings (SSSR count). The zero-order valence-electron chi connectivity index (χ0n) is 9.29. The number of nitrogens with one attached hydrogen (secondary N) is 1. The second kappa shape index (κ2) is 6.83. The van der Waals surface area contributed by atoms with Gasteiger partial charge in [-0.1, -0.05) is 29.8 Å². The van der Waals surface area contributed by atoms with Crippen molar-refractivity contribution in [2.45, 2.75) is 18.9 Å². The molecule has 0 fully saturated rings. The molecule has 0 aliphatic heterocycles. The minimum atomic E-state index is 0.314. The van der Waals surface area contributed by atoms with Crippen LogP contribution in [0, 0.1) is 0 Å². The monoisotopic (exact) mass is 227 g/mol. The van der Waals surface area contributed by atoms with Gasteiger partial charge in [-0.25, -0.2) is 0 Å². The molecule has 3 heteroatoms. The molecule has 1 atom stereocenters. The van der Waals surface area contributed by atoms with E-state index in [-0.39, 0.29) is 0 Å². The summed E-state index contributed by atoms with van der Waals surface area (Å²) in [6.45, 7) is 0.794. The predicted octanol–water partition coefficient (Wildman–Crippen LogP) is 3.03. The van der Waals surface area contributed by atoms with Gasteiger partial charge in [-0.2, -0.15) is 0 Å². The maximum absolute atomic E-state index is 6.14. The van der Waals surface area contributed by atoms with Crippen molar-refractivity contribution in [3.05, 3.63) is 34.9 Å². The van der Waals surface area contributed by atoms with E-state index in [1.807, 2.05) is 25.2 Å². The van der Waals surface area contributed by atoms with Crippen molar-refractivity contribution in [2.24, 2.45) is 0 Å². The Bertz CT molecular complexity index is 291. The van der Waals surface area contributed by atoms with Crippen LogP contribution < -0.4 is 5.32 Å². The van der Waals surface area contributed by atoms with Gasteiger partial charge in [0, 0.05) is 24.8 Å². The van der Waals surface area contributed by atoms with Gasteiger partial charge in [-0.15, -0.1) is 0 Å². The molecule has 0 radical (unpaired) electrons. The summed E-state index contributed by atoms with van der Waals surface area (Å²) >= 11 is 6.14.